The van der Waals surface area contributed by atoms with E-state index in [0.29, 0.717) is 5.69 Å². The first-order valence-electron chi connectivity index (χ1n) is 3.81. The molecule has 0 spiro atoms. The van der Waals surface area contributed by atoms with Gasteiger partial charge in [0.25, 0.3) is 0 Å². The van der Waals surface area contributed by atoms with E-state index in [-0.39, 0.29) is 12.2 Å². The Kier molecular flexibility index (Phi) is 3.01. The molecule has 1 aromatic rings. The summed E-state index contributed by atoms with van der Waals surface area (Å²) in [5.41, 5.74) is 5.32. The molecule has 0 aliphatic rings. The van der Waals surface area contributed by atoms with Crippen LogP contribution in [0.25, 0.3) is 0 Å². The molecule has 6 nitrogen and oxygen atoms in total. The minimum absolute atomic E-state index is 0.0386. The number of carbonyl (C=O) groups is 2. The molecule has 1 heterocycles. The zero-order valence-electron chi connectivity index (χ0n) is 7.23. The SMILES string of the molecule is NC(=O)CNc1ccnc(C(=O)O)c1. The Labute approximate surface area is 79.8 Å². The summed E-state index contributed by atoms with van der Waals surface area (Å²) in [4.78, 5) is 24.5. The molecule has 74 valence electrons. The van der Waals surface area contributed by atoms with Crippen LogP contribution in [0.15, 0.2) is 18.3 Å². The minimum atomic E-state index is -1.12. The average molecular weight is 195 g/mol. The van der Waals surface area contributed by atoms with Gasteiger partial charge in [-0.1, -0.05) is 0 Å². The molecule has 0 aliphatic carbocycles. The predicted molar refractivity (Wildman–Crippen MR) is 48.9 cm³/mol. The van der Waals surface area contributed by atoms with Crippen molar-refractivity contribution < 1.29 is 14.7 Å². The van der Waals surface area contributed by atoms with Gasteiger partial charge in [-0.2, -0.15) is 0 Å². The first-order chi connectivity index (χ1) is 6.59. The lowest BCUT2D eigenvalue weighted by molar-refractivity contribution is -0.116. The van der Waals surface area contributed by atoms with Crippen LogP contribution in [0.1, 0.15) is 10.5 Å². The van der Waals surface area contributed by atoms with E-state index in [1.807, 2.05) is 0 Å². The number of rotatable bonds is 4. The van der Waals surface area contributed by atoms with Crippen LogP contribution in [0.3, 0.4) is 0 Å². The van der Waals surface area contributed by atoms with Gasteiger partial charge in [-0.25, -0.2) is 9.78 Å². The number of carboxylic acid groups (broad SMARTS) is 1. The number of carbonyl (C=O) groups excluding carboxylic acids is 1. The van der Waals surface area contributed by atoms with Gasteiger partial charge in [0.15, 0.2) is 0 Å². The third-order valence-electron chi connectivity index (χ3n) is 1.45. The smallest absolute Gasteiger partial charge is 0.354 e. The van der Waals surface area contributed by atoms with Crippen LogP contribution in [0.2, 0.25) is 0 Å². The Bertz CT molecular complexity index is 365. The van der Waals surface area contributed by atoms with Crippen LogP contribution in [-0.2, 0) is 4.79 Å². The van der Waals surface area contributed by atoms with Crippen molar-refractivity contribution >= 4 is 17.6 Å². The maximum Gasteiger partial charge on any atom is 0.354 e. The van der Waals surface area contributed by atoms with Gasteiger partial charge in [-0.3, -0.25) is 4.79 Å². The lowest BCUT2D eigenvalue weighted by atomic mass is 10.3. The highest BCUT2D eigenvalue weighted by Gasteiger charge is 2.04. The minimum Gasteiger partial charge on any atom is -0.477 e. The normalized spacial score (nSPS) is 9.43. The largest absolute Gasteiger partial charge is 0.477 e. The number of aromatic nitrogens is 1. The van der Waals surface area contributed by atoms with Gasteiger partial charge in [0, 0.05) is 11.9 Å². The van der Waals surface area contributed by atoms with Crippen LogP contribution in [0.5, 0.6) is 0 Å². The molecule has 1 aromatic heterocycles. The summed E-state index contributed by atoms with van der Waals surface area (Å²) in [7, 11) is 0. The second-order valence-corrected chi connectivity index (χ2v) is 2.55. The van der Waals surface area contributed by atoms with Gasteiger partial charge in [0.2, 0.25) is 5.91 Å². The number of hydrogen-bond acceptors (Lipinski definition) is 4. The van der Waals surface area contributed by atoms with Crippen molar-refractivity contribution in [1.29, 1.82) is 0 Å². The number of aromatic carboxylic acids is 1. The predicted octanol–water partition coefficient (Wildman–Crippen LogP) is -0.323. The number of amides is 1. The molecule has 0 bridgehead atoms. The van der Waals surface area contributed by atoms with Gasteiger partial charge in [0.05, 0.1) is 6.54 Å². The molecule has 0 fully saturated rings. The Balaban J connectivity index is 2.73. The summed E-state index contributed by atoms with van der Waals surface area (Å²) in [6.45, 7) is -0.0386. The number of nitrogens with one attached hydrogen (secondary N) is 1. The molecule has 4 N–H and O–H groups in total. The van der Waals surface area contributed by atoms with E-state index in [9.17, 15) is 9.59 Å². The molecule has 0 atom stereocenters. The maximum absolute atomic E-state index is 10.5. The number of nitrogens with two attached hydrogens (primary N) is 1. The second kappa shape index (κ2) is 4.22. The summed E-state index contributed by atoms with van der Waals surface area (Å²) in [5, 5.41) is 11.3. The summed E-state index contributed by atoms with van der Waals surface area (Å²) < 4.78 is 0. The lowest BCUT2D eigenvalue weighted by Gasteiger charge is -2.03. The highest BCUT2D eigenvalue weighted by atomic mass is 16.4. The third-order valence-corrected chi connectivity index (χ3v) is 1.45. The van der Waals surface area contributed by atoms with E-state index in [0.717, 1.165) is 0 Å². The van der Waals surface area contributed by atoms with E-state index in [1.165, 1.54) is 12.3 Å². The van der Waals surface area contributed by atoms with Gasteiger partial charge in [0.1, 0.15) is 5.69 Å². The molecule has 1 amide bonds. The Morgan fingerprint density at radius 1 is 1.57 bits per heavy atom. The topological polar surface area (TPSA) is 105 Å². The fourth-order valence-corrected chi connectivity index (χ4v) is 0.847. The molecule has 0 aliphatic heterocycles. The van der Waals surface area contributed by atoms with Crippen molar-refractivity contribution in [3.8, 4) is 0 Å². The van der Waals surface area contributed by atoms with Crippen LogP contribution in [0, 0.1) is 0 Å². The quantitative estimate of drug-likeness (QED) is 0.610. The molecule has 0 saturated heterocycles. The number of anilines is 1. The lowest BCUT2D eigenvalue weighted by Crippen LogP contribution is -2.21. The number of primary amides is 1. The van der Waals surface area contributed by atoms with Crippen LogP contribution in [-0.4, -0.2) is 28.5 Å². The van der Waals surface area contributed by atoms with Crippen LogP contribution >= 0.6 is 0 Å². The van der Waals surface area contributed by atoms with E-state index in [1.54, 1.807) is 6.07 Å². The number of pyridine rings is 1. The van der Waals surface area contributed by atoms with Crippen molar-refractivity contribution in [2.45, 2.75) is 0 Å². The number of carboxylic acids is 1. The molecule has 14 heavy (non-hydrogen) atoms. The third kappa shape index (κ3) is 2.74. The maximum atomic E-state index is 10.5. The van der Waals surface area contributed by atoms with Gasteiger partial charge >= 0.3 is 5.97 Å². The fraction of sp³-hybridized carbons (Fsp3) is 0.125. The van der Waals surface area contributed by atoms with E-state index >= 15 is 0 Å². The van der Waals surface area contributed by atoms with Gasteiger partial charge in [-0.15, -0.1) is 0 Å². The van der Waals surface area contributed by atoms with Gasteiger partial charge in [-0.05, 0) is 12.1 Å². The van der Waals surface area contributed by atoms with Crippen molar-refractivity contribution in [2.75, 3.05) is 11.9 Å². The highest BCUT2D eigenvalue weighted by molar-refractivity contribution is 5.86. The summed E-state index contributed by atoms with van der Waals surface area (Å²) in [6.07, 6.45) is 1.34. The van der Waals surface area contributed by atoms with E-state index in [2.05, 4.69) is 10.3 Å². The highest BCUT2D eigenvalue weighted by Crippen LogP contribution is 2.06. The first kappa shape index (κ1) is 9.97. The van der Waals surface area contributed by atoms with Crippen molar-refractivity contribution in [2.24, 2.45) is 5.73 Å². The standard InChI is InChI=1S/C8H9N3O3/c9-7(12)4-11-5-1-2-10-6(3-5)8(13)14/h1-3H,4H2,(H2,9,12)(H,10,11)(H,13,14). The van der Waals surface area contributed by atoms with E-state index < -0.39 is 11.9 Å². The van der Waals surface area contributed by atoms with Gasteiger partial charge < -0.3 is 16.2 Å². The number of nitrogens with zero attached hydrogens (tertiary/aromatic N) is 1. The zero-order chi connectivity index (χ0) is 10.6. The molecule has 6 heteroatoms. The number of hydrogen-bond donors (Lipinski definition) is 3. The van der Waals surface area contributed by atoms with E-state index in [4.69, 9.17) is 10.8 Å². The zero-order valence-corrected chi connectivity index (χ0v) is 7.23. The molecule has 0 radical (unpaired) electrons. The van der Waals surface area contributed by atoms with Crippen LogP contribution < -0.4 is 11.1 Å². The first-order valence-corrected chi connectivity index (χ1v) is 3.81. The molecule has 0 aromatic carbocycles. The Morgan fingerprint density at radius 3 is 2.86 bits per heavy atom. The monoisotopic (exact) mass is 195 g/mol. The molecular formula is C8H9N3O3. The molecule has 0 unspecified atom stereocenters. The fourth-order valence-electron chi connectivity index (χ4n) is 0.847. The van der Waals surface area contributed by atoms with Crippen molar-refractivity contribution in [3.63, 3.8) is 0 Å². The summed E-state index contributed by atoms with van der Waals surface area (Å²) in [6, 6.07) is 2.88. The van der Waals surface area contributed by atoms with Crippen molar-refractivity contribution in [1.82, 2.24) is 4.98 Å². The van der Waals surface area contributed by atoms with Crippen molar-refractivity contribution in [3.05, 3.63) is 24.0 Å². The summed E-state index contributed by atoms with van der Waals surface area (Å²) in [5.74, 6) is -1.63. The van der Waals surface area contributed by atoms with Crippen LogP contribution in [0.4, 0.5) is 5.69 Å². The summed E-state index contributed by atoms with van der Waals surface area (Å²) >= 11 is 0. The average Bonchev–Trinajstić information content (AvgIpc) is 2.15. The molecule has 1 rings (SSSR count). The second-order valence-electron chi connectivity index (χ2n) is 2.55. The molecular weight excluding hydrogens is 186 g/mol. The Hall–Kier alpha value is -2.11. The Morgan fingerprint density at radius 2 is 2.29 bits per heavy atom. The molecule has 0 saturated carbocycles.